The van der Waals surface area contributed by atoms with Crippen LogP contribution in [-0.4, -0.2) is 37.4 Å². The highest BCUT2D eigenvalue weighted by molar-refractivity contribution is 8.00. The van der Waals surface area contributed by atoms with Gasteiger partial charge in [0.25, 0.3) is 5.91 Å². The number of esters is 1. The van der Waals surface area contributed by atoms with Gasteiger partial charge in [-0.25, -0.2) is 0 Å². The van der Waals surface area contributed by atoms with E-state index in [9.17, 15) is 9.59 Å². The Morgan fingerprint density at radius 1 is 1.20 bits per heavy atom. The molecule has 3 atom stereocenters. The zero-order valence-corrected chi connectivity index (χ0v) is 15.9. The normalized spacial score (nSPS) is 22.9. The number of carbonyl (C=O) groups excluding carboxylic acids is 2. The van der Waals surface area contributed by atoms with Crippen LogP contribution in [0.15, 0.2) is 29.2 Å². The topological polar surface area (TPSA) is 64.6 Å². The lowest BCUT2D eigenvalue weighted by molar-refractivity contribution is -0.146. The summed E-state index contributed by atoms with van der Waals surface area (Å²) in [4.78, 5) is 24.8. The van der Waals surface area contributed by atoms with Crippen LogP contribution in [0.4, 0.5) is 0 Å². The number of benzene rings is 1. The second-order valence-electron chi connectivity index (χ2n) is 6.57. The lowest BCUT2D eigenvalue weighted by Gasteiger charge is -2.34. The molecular weight excluding hydrogens is 338 g/mol. The van der Waals surface area contributed by atoms with Crippen molar-refractivity contribution in [3.05, 3.63) is 24.3 Å². The van der Waals surface area contributed by atoms with Gasteiger partial charge in [-0.1, -0.05) is 26.7 Å². The Labute approximate surface area is 153 Å². The summed E-state index contributed by atoms with van der Waals surface area (Å²) in [6.45, 7) is 4.19. The first kappa shape index (κ1) is 19.6. The van der Waals surface area contributed by atoms with E-state index >= 15 is 0 Å². The Hall–Kier alpha value is -1.69. The van der Waals surface area contributed by atoms with Crippen molar-refractivity contribution >= 4 is 23.6 Å². The second kappa shape index (κ2) is 9.70. The predicted molar refractivity (Wildman–Crippen MR) is 98.8 cm³/mol. The van der Waals surface area contributed by atoms with Gasteiger partial charge in [-0.2, -0.15) is 0 Å². The van der Waals surface area contributed by atoms with Gasteiger partial charge in [0.05, 0.1) is 12.9 Å². The van der Waals surface area contributed by atoms with E-state index in [2.05, 4.69) is 19.2 Å². The van der Waals surface area contributed by atoms with E-state index in [-0.39, 0.29) is 30.3 Å². The maximum absolute atomic E-state index is 12.0. The Balaban J connectivity index is 1.67. The molecule has 0 spiro atoms. The molecule has 1 saturated carbocycles. The van der Waals surface area contributed by atoms with Gasteiger partial charge in [-0.05, 0) is 42.5 Å². The van der Waals surface area contributed by atoms with E-state index in [1.54, 1.807) is 7.11 Å². The summed E-state index contributed by atoms with van der Waals surface area (Å²) in [5, 5.41) is 3.00. The molecule has 25 heavy (non-hydrogen) atoms. The van der Waals surface area contributed by atoms with Crippen LogP contribution in [0.1, 0.15) is 33.1 Å². The fourth-order valence-corrected chi connectivity index (χ4v) is 3.73. The van der Waals surface area contributed by atoms with Crippen molar-refractivity contribution in [2.75, 3.05) is 19.5 Å². The molecule has 138 valence electrons. The Kier molecular flexibility index (Phi) is 7.62. The third-order valence-corrected chi connectivity index (χ3v) is 5.82. The van der Waals surface area contributed by atoms with E-state index in [0.717, 1.165) is 23.5 Å². The largest absolute Gasteiger partial charge is 0.497 e. The van der Waals surface area contributed by atoms with Crippen LogP contribution in [0.5, 0.6) is 5.75 Å². The molecule has 0 aromatic heterocycles. The minimum absolute atomic E-state index is 0.177. The Bertz CT molecular complexity index is 575. The third kappa shape index (κ3) is 6.27. The molecule has 1 aromatic rings. The number of hydrogen-bond acceptors (Lipinski definition) is 5. The lowest BCUT2D eigenvalue weighted by atomic mass is 9.78. The van der Waals surface area contributed by atoms with Crippen LogP contribution in [0.2, 0.25) is 0 Å². The highest BCUT2D eigenvalue weighted by Gasteiger charge is 2.28. The van der Waals surface area contributed by atoms with Crippen molar-refractivity contribution in [2.24, 2.45) is 11.8 Å². The molecule has 6 heteroatoms. The van der Waals surface area contributed by atoms with Gasteiger partial charge in [-0.15, -0.1) is 11.8 Å². The number of nitrogens with one attached hydrogen (secondary N) is 1. The fourth-order valence-electron chi connectivity index (χ4n) is 3.04. The molecule has 0 heterocycles. The molecular formula is C19H27NO4S. The lowest BCUT2D eigenvalue weighted by Crippen LogP contribution is -2.45. The summed E-state index contributed by atoms with van der Waals surface area (Å²) in [6.07, 6.45) is 3.35. The molecule has 0 unspecified atom stereocenters. The highest BCUT2D eigenvalue weighted by Crippen LogP contribution is 2.29. The summed E-state index contributed by atoms with van der Waals surface area (Å²) in [5.74, 6) is 1.42. The quantitative estimate of drug-likeness (QED) is 0.593. The van der Waals surface area contributed by atoms with Gasteiger partial charge in [-0.3, -0.25) is 9.59 Å². The molecule has 5 nitrogen and oxygen atoms in total. The van der Waals surface area contributed by atoms with Gasteiger partial charge >= 0.3 is 5.97 Å². The molecule has 0 saturated heterocycles. The molecule has 1 fully saturated rings. The standard InChI is InChI=1S/C19H27NO4S/c1-13-5-4-6-17(14(13)2)20-18(21)11-24-19(22)12-25-16-9-7-15(23-3)8-10-16/h7-10,13-14,17H,4-6,11-12H2,1-3H3,(H,20,21)/t13-,14-,17-/m1/s1. The predicted octanol–water partition coefficient (Wildman–Crippen LogP) is 3.27. The molecule has 1 N–H and O–H groups in total. The van der Waals surface area contributed by atoms with Crippen molar-refractivity contribution in [1.29, 1.82) is 0 Å². The summed E-state index contributed by atoms with van der Waals surface area (Å²) >= 11 is 1.37. The van der Waals surface area contributed by atoms with Crippen LogP contribution in [0, 0.1) is 11.8 Å². The van der Waals surface area contributed by atoms with Gasteiger partial charge in [0.1, 0.15) is 5.75 Å². The summed E-state index contributed by atoms with van der Waals surface area (Å²) < 4.78 is 10.2. The van der Waals surface area contributed by atoms with Crippen molar-refractivity contribution in [3.63, 3.8) is 0 Å². The summed E-state index contributed by atoms with van der Waals surface area (Å²) in [6, 6.07) is 7.63. The van der Waals surface area contributed by atoms with E-state index in [1.807, 2.05) is 24.3 Å². The van der Waals surface area contributed by atoms with Crippen LogP contribution < -0.4 is 10.1 Å². The number of amides is 1. The maximum Gasteiger partial charge on any atom is 0.316 e. The van der Waals surface area contributed by atoms with Crippen molar-refractivity contribution < 1.29 is 19.1 Å². The SMILES string of the molecule is COc1ccc(SCC(=O)OCC(=O)N[C@@H]2CCC[C@@H](C)[C@H]2C)cc1. The molecule has 0 aliphatic heterocycles. The van der Waals surface area contributed by atoms with Crippen molar-refractivity contribution in [2.45, 2.75) is 44.0 Å². The summed E-state index contributed by atoms with van der Waals surface area (Å²) in [5.41, 5.74) is 0. The number of rotatable bonds is 7. The second-order valence-corrected chi connectivity index (χ2v) is 7.61. The monoisotopic (exact) mass is 365 g/mol. The number of thioether (sulfide) groups is 1. The van der Waals surface area contributed by atoms with E-state index in [1.165, 1.54) is 18.2 Å². The number of ether oxygens (including phenoxy) is 2. The van der Waals surface area contributed by atoms with E-state index in [4.69, 9.17) is 9.47 Å². The van der Waals surface area contributed by atoms with Crippen LogP contribution in [-0.2, 0) is 14.3 Å². The fraction of sp³-hybridized carbons (Fsp3) is 0.579. The minimum atomic E-state index is -0.388. The first-order chi connectivity index (χ1) is 12.0. The van der Waals surface area contributed by atoms with Gasteiger partial charge in [0, 0.05) is 10.9 Å². The minimum Gasteiger partial charge on any atom is -0.497 e. The van der Waals surface area contributed by atoms with E-state index < -0.39 is 0 Å². The first-order valence-corrected chi connectivity index (χ1v) is 9.70. The molecule has 2 rings (SSSR count). The zero-order valence-electron chi connectivity index (χ0n) is 15.1. The first-order valence-electron chi connectivity index (χ1n) is 8.71. The number of methoxy groups -OCH3 is 1. The van der Waals surface area contributed by atoms with Crippen molar-refractivity contribution in [1.82, 2.24) is 5.32 Å². The highest BCUT2D eigenvalue weighted by atomic mass is 32.2. The zero-order chi connectivity index (χ0) is 18.2. The Morgan fingerprint density at radius 3 is 2.60 bits per heavy atom. The number of carbonyl (C=O) groups is 2. The van der Waals surface area contributed by atoms with Gasteiger partial charge in [0.2, 0.25) is 0 Å². The molecule has 1 aliphatic rings. The molecule has 1 aromatic carbocycles. The maximum atomic E-state index is 12.0. The van der Waals surface area contributed by atoms with E-state index in [0.29, 0.717) is 11.8 Å². The third-order valence-electron chi connectivity index (χ3n) is 4.83. The molecule has 0 radical (unpaired) electrons. The average molecular weight is 365 g/mol. The van der Waals surface area contributed by atoms with Crippen LogP contribution >= 0.6 is 11.8 Å². The Morgan fingerprint density at radius 2 is 1.92 bits per heavy atom. The van der Waals surface area contributed by atoms with Crippen molar-refractivity contribution in [3.8, 4) is 5.75 Å². The molecule has 0 bridgehead atoms. The molecule has 1 aliphatic carbocycles. The van der Waals surface area contributed by atoms with Crippen LogP contribution in [0.3, 0.4) is 0 Å². The smallest absolute Gasteiger partial charge is 0.316 e. The van der Waals surface area contributed by atoms with Crippen LogP contribution in [0.25, 0.3) is 0 Å². The van der Waals surface area contributed by atoms with Gasteiger partial charge < -0.3 is 14.8 Å². The van der Waals surface area contributed by atoms with Gasteiger partial charge in [0.15, 0.2) is 6.61 Å². The summed E-state index contributed by atoms with van der Waals surface area (Å²) in [7, 11) is 1.61. The molecule has 1 amide bonds. The number of hydrogen-bond donors (Lipinski definition) is 1. The average Bonchev–Trinajstić information content (AvgIpc) is 2.62.